The Balaban J connectivity index is 2.15. The highest BCUT2D eigenvalue weighted by molar-refractivity contribution is 5.68. The fourth-order valence-corrected chi connectivity index (χ4v) is 1.67. The molecule has 0 aliphatic heterocycles. The lowest BCUT2D eigenvalue weighted by Crippen LogP contribution is -2.21. The van der Waals surface area contributed by atoms with Gasteiger partial charge in [0.15, 0.2) is 5.65 Å². The summed E-state index contributed by atoms with van der Waals surface area (Å²) in [7, 11) is 0. The van der Waals surface area contributed by atoms with Crippen LogP contribution in [0.15, 0.2) is 9.59 Å². The van der Waals surface area contributed by atoms with Gasteiger partial charge in [0.25, 0.3) is 5.56 Å². The first kappa shape index (κ1) is 8.46. The molecule has 0 amide bonds. The van der Waals surface area contributed by atoms with E-state index in [0.717, 1.165) is 12.2 Å². The van der Waals surface area contributed by atoms with Crippen LogP contribution in [0.1, 0.15) is 18.7 Å². The number of nitrogens with one attached hydrogen (secondary N) is 3. The van der Waals surface area contributed by atoms with Crippen molar-refractivity contribution in [3.63, 3.8) is 0 Å². The second-order valence-electron chi connectivity index (χ2n) is 3.96. The van der Waals surface area contributed by atoms with E-state index in [-0.39, 0.29) is 0 Å². The van der Waals surface area contributed by atoms with Crippen LogP contribution in [0.3, 0.4) is 0 Å². The number of nitrogens with zero attached hydrogens (tertiary/aromatic N) is 1. The highest BCUT2D eigenvalue weighted by atomic mass is 16.2. The molecule has 0 unspecified atom stereocenters. The molecule has 0 aromatic carbocycles. The van der Waals surface area contributed by atoms with Gasteiger partial charge in [0, 0.05) is 6.42 Å². The standard InChI is InChI=1S/C9H10N4O2/c14-8-6-7(12-9(15)13-8)11-5(10-6)3-4-1-2-4/h4H,1-3H2,(H3,10,11,12,13,14,15). The van der Waals surface area contributed by atoms with Crippen molar-refractivity contribution in [3.8, 4) is 0 Å². The molecule has 6 heteroatoms. The molecule has 1 saturated carbocycles. The van der Waals surface area contributed by atoms with E-state index in [1.807, 2.05) is 0 Å². The van der Waals surface area contributed by atoms with Gasteiger partial charge in [0.05, 0.1) is 0 Å². The summed E-state index contributed by atoms with van der Waals surface area (Å²) < 4.78 is 0. The van der Waals surface area contributed by atoms with Crippen molar-refractivity contribution in [3.05, 3.63) is 26.7 Å². The van der Waals surface area contributed by atoms with Crippen molar-refractivity contribution in [2.75, 3.05) is 0 Å². The molecule has 78 valence electrons. The molecule has 1 aliphatic rings. The minimum Gasteiger partial charge on any atom is -0.336 e. The maximum Gasteiger partial charge on any atom is 0.327 e. The van der Waals surface area contributed by atoms with E-state index in [2.05, 4.69) is 19.9 Å². The number of rotatable bonds is 2. The van der Waals surface area contributed by atoms with Gasteiger partial charge < -0.3 is 4.98 Å². The van der Waals surface area contributed by atoms with Gasteiger partial charge in [-0.2, -0.15) is 0 Å². The van der Waals surface area contributed by atoms with E-state index < -0.39 is 11.2 Å². The topological polar surface area (TPSA) is 94.4 Å². The van der Waals surface area contributed by atoms with Crippen LogP contribution in [0.4, 0.5) is 0 Å². The van der Waals surface area contributed by atoms with Crippen LogP contribution < -0.4 is 11.2 Å². The lowest BCUT2D eigenvalue weighted by molar-refractivity contribution is 0.787. The molecule has 6 nitrogen and oxygen atoms in total. The number of H-pyrrole nitrogens is 3. The maximum absolute atomic E-state index is 11.4. The molecule has 3 N–H and O–H groups in total. The zero-order valence-corrected chi connectivity index (χ0v) is 7.96. The molecule has 3 rings (SSSR count). The highest BCUT2D eigenvalue weighted by Gasteiger charge is 2.23. The third kappa shape index (κ3) is 1.47. The van der Waals surface area contributed by atoms with Crippen molar-refractivity contribution < 1.29 is 0 Å². The summed E-state index contributed by atoms with van der Waals surface area (Å²) in [6.45, 7) is 0. The maximum atomic E-state index is 11.4. The Morgan fingerprint density at radius 1 is 1.20 bits per heavy atom. The number of aromatic amines is 3. The quantitative estimate of drug-likeness (QED) is 0.640. The van der Waals surface area contributed by atoms with Crippen LogP contribution in [-0.4, -0.2) is 19.9 Å². The molecule has 0 spiro atoms. The summed E-state index contributed by atoms with van der Waals surface area (Å²) in [5, 5.41) is 0. The van der Waals surface area contributed by atoms with Crippen molar-refractivity contribution >= 4 is 11.2 Å². The second kappa shape index (κ2) is 2.82. The van der Waals surface area contributed by atoms with Crippen LogP contribution in [0.5, 0.6) is 0 Å². The molecule has 1 fully saturated rings. The minimum atomic E-state index is -0.517. The number of aromatic nitrogens is 4. The molecular weight excluding hydrogens is 196 g/mol. The number of hydrogen-bond acceptors (Lipinski definition) is 3. The Kier molecular flexibility index (Phi) is 1.59. The van der Waals surface area contributed by atoms with Gasteiger partial charge in [-0.1, -0.05) is 0 Å². The van der Waals surface area contributed by atoms with Gasteiger partial charge in [-0.25, -0.2) is 9.78 Å². The van der Waals surface area contributed by atoms with Gasteiger partial charge in [-0.05, 0) is 18.8 Å². The molecule has 0 radical (unpaired) electrons. The largest absolute Gasteiger partial charge is 0.336 e. The van der Waals surface area contributed by atoms with E-state index in [9.17, 15) is 9.59 Å². The first-order valence-corrected chi connectivity index (χ1v) is 4.93. The third-order valence-electron chi connectivity index (χ3n) is 2.62. The minimum absolute atomic E-state index is 0.347. The van der Waals surface area contributed by atoms with Crippen LogP contribution in [0.25, 0.3) is 11.2 Å². The normalized spacial score (nSPS) is 16.0. The molecule has 0 atom stereocenters. The van der Waals surface area contributed by atoms with Crippen molar-refractivity contribution in [1.29, 1.82) is 0 Å². The Morgan fingerprint density at radius 3 is 2.73 bits per heavy atom. The summed E-state index contributed by atoms with van der Waals surface area (Å²) in [5.41, 5.74) is -0.232. The Morgan fingerprint density at radius 2 is 2.00 bits per heavy atom. The summed E-state index contributed by atoms with van der Waals surface area (Å²) in [6, 6.07) is 0. The average molecular weight is 206 g/mol. The van der Waals surface area contributed by atoms with E-state index >= 15 is 0 Å². The predicted molar refractivity (Wildman–Crippen MR) is 53.8 cm³/mol. The van der Waals surface area contributed by atoms with Gasteiger partial charge in [0.1, 0.15) is 11.3 Å². The number of imidazole rings is 1. The van der Waals surface area contributed by atoms with E-state index in [4.69, 9.17) is 0 Å². The van der Waals surface area contributed by atoms with Crippen molar-refractivity contribution in [2.45, 2.75) is 19.3 Å². The molecule has 15 heavy (non-hydrogen) atoms. The zero-order valence-electron chi connectivity index (χ0n) is 7.96. The predicted octanol–water partition coefficient (Wildman–Crippen LogP) is -0.108. The van der Waals surface area contributed by atoms with Gasteiger partial charge in [-0.3, -0.25) is 14.8 Å². The summed E-state index contributed by atoms with van der Waals surface area (Å²) in [4.78, 5) is 34.1. The van der Waals surface area contributed by atoms with E-state index in [0.29, 0.717) is 17.1 Å². The molecular formula is C9H10N4O2. The van der Waals surface area contributed by atoms with Crippen LogP contribution >= 0.6 is 0 Å². The average Bonchev–Trinajstić information content (AvgIpc) is 2.85. The van der Waals surface area contributed by atoms with Gasteiger partial charge in [-0.15, -0.1) is 0 Å². The van der Waals surface area contributed by atoms with Gasteiger partial charge >= 0.3 is 5.69 Å². The Hall–Kier alpha value is -1.85. The molecule has 1 aliphatic carbocycles. The smallest absolute Gasteiger partial charge is 0.327 e. The number of fused-ring (bicyclic) bond motifs is 1. The SMILES string of the molecule is O=c1[nH]c(=O)c2[nH]c(CC3CC3)nc2[nH]1. The lowest BCUT2D eigenvalue weighted by atomic mass is 10.3. The zero-order chi connectivity index (χ0) is 10.4. The Bertz CT molecular complexity index is 617. The number of hydrogen-bond donors (Lipinski definition) is 3. The molecule has 2 aromatic rings. The van der Waals surface area contributed by atoms with Crippen LogP contribution in [-0.2, 0) is 6.42 Å². The summed E-state index contributed by atoms with van der Waals surface area (Å²) in [6.07, 6.45) is 3.31. The molecule has 0 saturated heterocycles. The second-order valence-corrected chi connectivity index (χ2v) is 3.96. The van der Waals surface area contributed by atoms with Crippen LogP contribution in [0, 0.1) is 5.92 Å². The molecule has 2 aromatic heterocycles. The highest BCUT2D eigenvalue weighted by Crippen LogP contribution is 2.31. The molecule has 0 bridgehead atoms. The summed E-state index contributed by atoms with van der Waals surface area (Å²) >= 11 is 0. The first-order chi connectivity index (χ1) is 7.22. The Labute approximate surface area is 83.8 Å². The third-order valence-corrected chi connectivity index (χ3v) is 2.62. The lowest BCUT2D eigenvalue weighted by Gasteiger charge is -1.88. The van der Waals surface area contributed by atoms with E-state index in [1.54, 1.807) is 0 Å². The summed E-state index contributed by atoms with van der Waals surface area (Å²) in [5.74, 6) is 1.47. The monoisotopic (exact) mass is 206 g/mol. The van der Waals surface area contributed by atoms with Crippen molar-refractivity contribution in [2.24, 2.45) is 5.92 Å². The molecule has 2 heterocycles. The van der Waals surface area contributed by atoms with E-state index in [1.165, 1.54) is 12.8 Å². The fraction of sp³-hybridized carbons (Fsp3) is 0.444. The first-order valence-electron chi connectivity index (χ1n) is 4.93. The van der Waals surface area contributed by atoms with Gasteiger partial charge in [0.2, 0.25) is 0 Å². The fourth-order valence-electron chi connectivity index (χ4n) is 1.67. The van der Waals surface area contributed by atoms with Crippen LogP contribution in [0.2, 0.25) is 0 Å². The van der Waals surface area contributed by atoms with Crippen molar-refractivity contribution in [1.82, 2.24) is 19.9 Å².